The van der Waals surface area contributed by atoms with Crippen LogP contribution in [-0.4, -0.2) is 35.6 Å². The molecule has 0 fully saturated rings. The minimum absolute atomic E-state index is 0.0449. The molecule has 4 nitrogen and oxygen atoms in total. The van der Waals surface area contributed by atoms with E-state index in [2.05, 4.69) is 9.72 Å². The Morgan fingerprint density at radius 3 is 2.15 bits per heavy atom. The molecule has 0 bridgehead atoms. The second-order valence-corrected chi connectivity index (χ2v) is 5.64. The molecule has 0 unspecified atom stereocenters. The number of alkyl halides is 6. The molecule has 0 aliphatic rings. The molecule has 0 atom stereocenters. The molecule has 1 amide bonds. The van der Waals surface area contributed by atoms with E-state index in [0.29, 0.717) is 5.56 Å². The summed E-state index contributed by atoms with van der Waals surface area (Å²) in [5.74, 6) is -0.779. The number of ether oxygens (including phenoxy) is 1. The predicted octanol–water partition coefficient (Wildman–Crippen LogP) is 4.31. The van der Waals surface area contributed by atoms with E-state index in [0.717, 1.165) is 24.4 Å². The number of pyridine rings is 1. The third-order valence-electron chi connectivity index (χ3n) is 3.41. The van der Waals surface area contributed by atoms with Crippen molar-refractivity contribution in [2.45, 2.75) is 18.9 Å². The van der Waals surface area contributed by atoms with Crippen molar-refractivity contribution in [1.29, 1.82) is 0 Å². The summed E-state index contributed by atoms with van der Waals surface area (Å²) in [4.78, 5) is 17.2. The van der Waals surface area contributed by atoms with Gasteiger partial charge in [-0.2, -0.15) is 26.3 Å². The molecule has 2 rings (SSSR count). The number of hydrogen-bond acceptors (Lipinski definition) is 3. The smallest absolute Gasteiger partial charge is 0.422 e. The van der Waals surface area contributed by atoms with Crippen molar-refractivity contribution in [1.82, 2.24) is 9.88 Å². The van der Waals surface area contributed by atoms with Crippen molar-refractivity contribution in [3.63, 3.8) is 0 Å². The van der Waals surface area contributed by atoms with E-state index in [-0.39, 0.29) is 18.0 Å². The number of amides is 1. The summed E-state index contributed by atoms with van der Waals surface area (Å²) in [6.07, 6.45) is -7.88. The molecule has 0 N–H and O–H groups in total. The van der Waals surface area contributed by atoms with Gasteiger partial charge in [0.25, 0.3) is 5.91 Å². The van der Waals surface area contributed by atoms with Crippen LogP contribution in [0.4, 0.5) is 26.3 Å². The molecular weight excluding hydrogens is 378 g/mol. The number of rotatable bonds is 5. The molecule has 1 heterocycles. The molecule has 0 saturated heterocycles. The summed E-state index contributed by atoms with van der Waals surface area (Å²) in [6, 6.07) is 6.75. The van der Waals surface area contributed by atoms with Gasteiger partial charge in [-0.1, -0.05) is 12.1 Å². The topological polar surface area (TPSA) is 42.4 Å². The molecule has 0 spiro atoms. The van der Waals surface area contributed by atoms with Gasteiger partial charge in [-0.05, 0) is 23.8 Å². The highest BCUT2D eigenvalue weighted by Gasteiger charge is 2.30. The maximum Gasteiger partial charge on any atom is 0.422 e. The van der Waals surface area contributed by atoms with Gasteiger partial charge in [-0.3, -0.25) is 4.79 Å². The lowest BCUT2D eigenvalue weighted by Gasteiger charge is -2.18. The van der Waals surface area contributed by atoms with Crippen molar-refractivity contribution in [3.8, 4) is 5.88 Å². The highest BCUT2D eigenvalue weighted by molar-refractivity contribution is 5.93. The molecule has 0 aliphatic heterocycles. The molecule has 10 heteroatoms. The SMILES string of the molecule is CN(Cc1ccc(C(F)(F)F)cc1)C(=O)c1ccc(OCC(F)(F)F)nc1. The van der Waals surface area contributed by atoms with Gasteiger partial charge in [0.1, 0.15) is 0 Å². The maximum absolute atomic E-state index is 12.5. The highest BCUT2D eigenvalue weighted by atomic mass is 19.4. The van der Waals surface area contributed by atoms with Crippen LogP contribution in [0.2, 0.25) is 0 Å². The second-order valence-electron chi connectivity index (χ2n) is 5.64. The van der Waals surface area contributed by atoms with Crippen molar-refractivity contribution < 1.29 is 35.9 Å². The van der Waals surface area contributed by atoms with Gasteiger partial charge in [0.05, 0.1) is 11.1 Å². The van der Waals surface area contributed by atoms with Crippen LogP contribution in [0, 0.1) is 0 Å². The van der Waals surface area contributed by atoms with E-state index in [4.69, 9.17) is 0 Å². The highest BCUT2D eigenvalue weighted by Crippen LogP contribution is 2.29. The Labute approximate surface area is 150 Å². The van der Waals surface area contributed by atoms with Gasteiger partial charge in [-0.15, -0.1) is 0 Å². The first-order valence-electron chi connectivity index (χ1n) is 7.53. The van der Waals surface area contributed by atoms with Crippen LogP contribution >= 0.6 is 0 Å². The average Bonchev–Trinajstić information content (AvgIpc) is 2.59. The first-order valence-corrected chi connectivity index (χ1v) is 7.53. The van der Waals surface area contributed by atoms with Crippen LogP contribution in [0.3, 0.4) is 0 Å². The monoisotopic (exact) mass is 392 g/mol. The van der Waals surface area contributed by atoms with Gasteiger partial charge >= 0.3 is 12.4 Å². The standard InChI is InChI=1S/C17H14F6N2O2/c1-25(9-11-2-5-13(6-3-11)17(21,22)23)15(26)12-4-7-14(24-8-12)27-10-16(18,19)20/h2-8H,9-10H2,1H3. The van der Waals surface area contributed by atoms with E-state index in [1.54, 1.807) is 0 Å². The molecule has 1 aromatic heterocycles. The van der Waals surface area contributed by atoms with Crippen molar-refractivity contribution in [2.24, 2.45) is 0 Å². The van der Waals surface area contributed by atoms with E-state index in [1.165, 1.54) is 30.1 Å². The molecule has 1 aromatic carbocycles. The van der Waals surface area contributed by atoms with Crippen molar-refractivity contribution >= 4 is 5.91 Å². The van der Waals surface area contributed by atoms with Gasteiger partial charge in [0.15, 0.2) is 6.61 Å². The molecule has 146 valence electrons. The third-order valence-corrected chi connectivity index (χ3v) is 3.41. The number of nitrogens with zero attached hydrogens (tertiary/aromatic N) is 2. The molecule has 27 heavy (non-hydrogen) atoms. The lowest BCUT2D eigenvalue weighted by molar-refractivity contribution is -0.154. The summed E-state index contributed by atoms with van der Waals surface area (Å²) < 4.78 is 78.3. The number of aromatic nitrogens is 1. The Kier molecular flexibility index (Phi) is 5.97. The minimum Gasteiger partial charge on any atom is -0.468 e. The Morgan fingerprint density at radius 2 is 1.67 bits per heavy atom. The van der Waals surface area contributed by atoms with Crippen LogP contribution in [0.15, 0.2) is 42.6 Å². The van der Waals surface area contributed by atoms with Gasteiger partial charge in [0, 0.05) is 25.9 Å². The molecule has 2 aromatic rings. The summed E-state index contributed by atoms with van der Waals surface area (Å²) >= 11 is 0. The molecule has 0 radical (unpaired) electrons. The van der Waals surface area contributed by atoms with E-state index < -0.39 is 30.4 Å². The Balaban J connectivity index is 1.98. The van der Waals surface area contributed by atoms with Crippen LogP contribution in [-0.2, 0) is 12.7 Å². The lowest BCUT2D eigenvalue weighted by Crippen LogP contribution is -2.26. The summed E-state index contributed by atoms with van der Waals surface area (Å²) in [5, 5.41) is 0. The number of carbonyl (C=O) groups is 1. The first kappa shape index (κ1) is 20.5. The van der Waals surface area contributed by atoms with Crippen LogP contribution in [0.25, 0.3) is 0 Å². The van der Waals surface area contributed by atoms with Gasteiger partial charge < -0.3 is 9.64 Å². The van der Waals surface area contributed by atoms with Crippen molar-refractivity contribution in [3.05, 3.63) is 59.3 Å². The fourth-order valence-corrected chi connectivity index (χ4v) is 2.11. The van der Waals surface area contributed by atoms with E-state index in [1.807, 2.05) is 0 Å². The summed E-state index contributed by atoms with van der Waals surface area (Å²) in [5.41, 5.74) is -0.209. The predicted molar refractivity (Wildman–Crippen MR) is 83.0 cm³/mol. The molecule has 0 saturated carbocycles. The number of halogens is 6. The maximum atomic E-state index is 12.5. The lowest BCUT2D eigenvalue weighted by atomic mass is 10.1. The quantitative estimate of drug-likeness (QED) is 0.712. The number of carbonyl (C=O) groups excluding carboxylic acids is 1. The third kappa shape index (κ3) is 6.15. The minimum atomic E-state index is -4.50. The van der Waals surface area contributed by atoms with E-state index >= 15 is 0 Å². The molecular formula is C17H14F6N2O2. The summed E-state index contributed by atoms with van der Waals surface area (Å²) in [7, 11) is 1.44. The zero-order chi connectivity index (χ0) is 20.2. The largest absolute Gasteiger partial charge is 0.468 e. The second kappa shape index (κ2) is 7.85. The Hall–Kier alpha value is -2.78. The average molecular weight is 392 g/mol. The van der Waals surface area contributed by atoms with Crippen molar-refractivity contribution in [2.75, 3.05) is 13.7 Å². The van der Waals surface area contributed by atoms with Gasteiger partial charge in [0.2, 0.25) is 5.88 Å². The normalized spacial score (nSPS) is 12.0. The zero-order valence-electron chi connectivity index (χ0n) is 13.9. The van der Waals surface area contributed by atoms with Crippen LogP contribution in [0.1, 0.15) is 21.5 Å². The first-order chi connectivity index (χ1) is 12.5. The fraction of sp³-hybridized carbons (Fsp3) is 0.294. The Morgan fingerprint density at radius 1 is 1.04 bits per heavy atom. The summed E-state index contributed by atoms with van der Waals surface area (Å²) in [6.45, 7) is -1.45. The zero-order valence-corrected chi connectivity index (χ0v) is 13.9. The number of hydrogen-bond donors (Lipinski definition) is 0. The fourth-order valence-electron chi connectivity index (χ4n) is 2.11. The van der Waals surface area contributed by atoms with Crippen LogP contribution < -0.4 is 4.74 Å². The Bertz CT molecular complexity index is 770. The van der Waals surface area contributed by atoms with E-state index in [9.17, 15) is 31.1 Å². The van der Waals surface area contributed by atoms with Gasteiger partial charge in [-0.25, -0.2) is 4.98 Å². The number of benzene rings is 1. The molecule has 0 aliphatic carbocycles. The van der Waals surface area contributed by atoms with Crippen LogP contribution in [0.5, 0.6) is 5.88 Å².